The van der Waals surface area contributed by atoms with Crippen molar-refractivity contribution >= 4 is 41.5 Å². The Morgan fingerprint density at radius 3 is 2.28 bits per heavy atom. The normalized spacial score (nSPS) is 16.8. The van der Waals surface area contributed by atoms with Crippen LogP contribution in [-0.2, 0) is 19.0 Å². The Balaban J connectivity index is 1.39. The SMILES string of the molecule is COCOc1cc(-c2ncc3c(N4CC5CCC(C5)C4)nc(OCCCCOCCC(=O)OC(C)(C)C)nc3c2F)c2c(C#C[Si](C(C)C)(C(C)C)C(C)C)c(F)ccc2c1. The first kappa shape index (κ1) is 46.1. The molecule has 6 rings (SSSR count). The second-order valence-corrected chi connectivity index (χ2v) is 24.2. The molecule has 1 aliphatic heterocycles. The second-order valence-electron chi connectivity index (χ2n) is 18.7. The van der Waals surface area contributed by atoms with E-state index in [0.717, 1.165) is 25.9 Å². The van der Waals surface area contributed by atoms with Crippen LogP contribution in [0.2, 0.25) is 16.6 Å². The second kappa shape index (κ2) is 19.8. The first-order chi connectivity index (χ1) is 29.0. The molecule has 2 aromatic carbocycles. The van der Waals surface area contributed by atoms with Gasteiger partial charge in [0.05, 0.1) is 30.6 Å². The van der Waals surface area contributed by atoms with E-state index in [-0.39, 0.29) is 55.2 Å². The molecule has 61 heavy (non-hydrogen) atoms. The Kier molecular flexibility index (Phi) is 14.9. The zero-order chi connectivity index (χ0) is 44.1. The third-order valence-electron chi connectivity index (χ3n) is 12.2. The molecular weight excluding hydrogens is 795 g/mol. The zero-order valence-electron chi connectivity index (χ0n) is 37.8. The van der Waals surface area contributed by atoms with E-state index in [2.05, 4.69) is 62.9 Å². The van der Waals surface area contributed by atoms with Crippen molar-refractivity contribution in [2.24, 2.45) is 11.8 Å². The molecule has 1 aliphatic carbocycles. The Hall–Kier alpha value is -4.38. The van der Waals surface area contributed by atoms with E-state index >= 15 is 8.78 Å². The number of carbonyl (C=O) groups is 1. The van der Waals surface area contributed by atoms with Crippen LogP contribution in [0.15, 0.2) is 30.5 Å². The number of carbonyl (C=O) groups excluding carboxylic acids is 1. The molecular formula is C48H64F2N4O6Si. The standard InChI is InChI=1S/C48H64F2N4O6Si/c1-30(2)61(31(3)4,32(5)6)22-18-37-40(49)16-15-35-24-36(59-29-56-10)25-38(42(35)37)44-43(50)45-39(26-51-44)46(54-27-33-13-14-34(23-33)28-54)53-47(52-45)58-20-12-11-19-57-21-17-41(55)60-48(7,8)9/h15-16,24-26,30-34H,11-14,17,19-21,23,27-29H2,1-10H3. The van der Waals surface area contributed by atoms with Gasteiger partial charge in [-0.05, 0) is 105 Å². The molecule has 2 atom stereocenters. The molecule has 13 heteroatoms. The minimum atomic E-state index is -2.28. The van der Waals surface area contributed by atoms with Gasteiger partial charge in [0.25, 0.3) is 0 Å². The maximum atomic E-state index is 17.5. The van der Waals surface area contributed by atoms with E-state index in [1.54, 1.807) is 24.4 Å². The number of hydrogen-bond donors (Lipinski definition) is 0. The summed E-state index contributed by atoms with van der Waals surface area (Å²) in [5.41, 5.74) is 4.74. The number of pyridine rings is 1. The fourth-order valence-electron chi connectivity index (χ4n) is 9.55. The Morgan fingerprint density at radius 1 is 0.934 bits per heavy atom. The first-order valence-corrected chi connectivity index (χ1v) is 24.2. The number of unbranched alkanes of at least 4 members (excludes halogenated alkanes) is 1. The largest absolute Gasteiger partial charge is 0.468 e. The van der Waals surface area contributed by atoms with Gasteiger partial charge in [-0.15, -0.1) is 5.54 Å². The van der Waals surface area contributed by atoms with Crippen LogP contribution < -0.4 is 14.4 Å². The summed E-state index contributed by atoms with van der Waals surface area (Å²) in [5, 5.41) is 1.57. The summed E-state index contributed by atoms with van der Waals surface area (Å²) in [6.45, 7) is 21.4. The molecule has 0 spiro atoms. The van der Waals surface area contributed by atoms with E-state index in [9.17, 15) is 4.79 Å². The monoisotopic (exact) mass is 858 g/mol. The molecule has 2 aromatic heterocycles. The number of ether oxygens (including phenoxy) is 5. The number of methoxy groups -OCH3 is 1. The van der Waals surface area contributed by atoms with Crippen molar-refractivity contribution in [1.29, 1.82) is 0 Å². The number of esters is 1. The van der Waals surface area contributed by atoms with Crippen LogP contribution in [0.3, 0.4) is 0 Å². The van der Waals surface area contributed by atoms with Crippen LogP contribution in [-0.4, -0.2) is 81.4 Å². The highest BCUT2D eigenvalue weighted by Crippen LogP contribution is 2.44. The van der Waals surface area contributed by atoms with E-state index in [1.807, 2.05) is 20.8 Å². The number of piperidine rings is 1. The van der Waals surface area contributed by atoms with E-state index in [0.29, 0.717) is 81.2 Å². The summed E-state index contributed by atoms with van der Waals surface area (Å²) in [4.78, 5) is 28.6. The van der Waals surface area contributed by atoms with Gasteiger partial charge in [-0.25, -0.2) is 8.78 Å². The van der Waals surface area contributed by atoms with Gasteiger partial charge in [0.1, 0.15) is 42.3 Å². The third kappa shape index (κ3) is 10.6. The maximum absolute atomic E-state index is 17.5. The van der Waals surface area contributed by atoms with Gasteiger partial charge in [-0.2, -0.15) is 9.97 Å². The Labute approximate surface area is 361 Å². The number of aromatic nitrogens is 3. The molecule has 0 amide bonds. The number of rotatable bonds is 17. The lowest BCUT2D eigenvalue weighted by Crippen LogP contribution is -2.43. The molecule has 330 valence electrons. The van der Waals surface area contributed by atoms with Crippen molar-refractivity contribution < 1.29 is 37.3 Å². The summed E-state index contributed by atoms with van der Waals surface area (Å²) in [6, 6.07) is 6.62. The minimum absolute atomic E-state index is 0.00746. The lowest BCUT2D eigenvalue weighted by molar-refractivity contribution is -0.156. The van der Waals surface area contributed by atoms with Gasteiger partial charge in [0, 0.05) is 44.0 Å². The summed E-state index contributed by atoms with van der Waals surface area (Å²) in [6.07, 6.45) is 6.63. The minimum Gasteiger partial charge on any atom is -0.468 e. The fraction of sp³-hybridized carbons (Fsp3) is 0.583. The van der Waals surface area contributed by atoms with Crippen molar-refractivity contribution in [2.75, 3.05) is 51.7 Å². The summed E-state index contributed by atoms with van der Waals surface area (Å²) < 4.78 is 62.0. The average molecular weight is 859 g/mol. The highest BCUT2D eigenvalue weighted by Gasteiger charge is 2.42. The van der Waals surface area contributed by atoms with Gasteiger partial charge in [0.2, 0.25) is 0 Å². The third-order valence-corrected chi connectivity index (χ3v) is 18.5. The van der Waals surface area contributed by atoms with Crippen LogP contribution in [0.25, 0.3) is 32.9 Å². The van der Waals surface area contributed by atoms with Crippen LogP contribution in [0.4, 0.5) is 14.6 Å². The topological polar surface area (TPSA) is 105 Å². The molecule has 10 nitrogen and oxygen atoms in total. The van der Waals surface area contributed by atoms with E-state index in [1.165, 1.54) is 19.6 Å². The quantitative estimate of drug-likeness (QED) is 0.0335. The zero-order valence-corrected chi connectivity index (χ0v) is 38.8. The lowest BCUT2D eigenvalue weighted by Gasteiger charge is -2.38. The van der Waals surface area contributed by atoms with Gasteiger partial charge in [0.15, 0.2) is 12.6 Å². The molecule has 2 aliphatic rings. The molecule has 2 unspecified atom stereocenters. The Morgan fingerprint density at radius 2 is 1.62 bits per heavy atom. The number of hydrogen-bond acceptors (Lipinski definition) is 10. The fourth-order valence-corrected chi connectivity index (χ4v) is 14.8. The summed E-state index contributed by atoms with van der Waals surface area (Å²) in [5.74, 6) is 3.98. The van der Waals surface area contributed by atoms with Crippen molar-refractivity contribution in [3.63, 3.8) is 0 Å². The van der Waals surface area contributed by atoms with Crippen LogP contribution in [0, 0.1) is 34.9 Å². The molecule has 2 bridgehead atoms. The van der Waals surface area contributed by atoms with Gasteiger partial charge in [-0.1, -0.05) is 53.5 Å². The van der Waals surface area contributed by atoms with Gasteiger partial charge < -0.3 is 28.6 Å². The number of fused-ring (bicyclic) bond motifs is 4. The predicted octanol–water partition coefficient (Wildman–Crippen LogP) is 10.8. The molecule has 4 aromatic rings. The van der Waals surface area contributed by atoms with E-state index < -0.39 is 25.3 Å². The van der Waals surface area contributed by atoms with Gasteiger partial charge in [-0.3, -0.25) is 9.78 Å². The lowest BCUT2D eigenvalue weighted by atomic mass is 9.95. The number of anilines is 1. The molecule has 2 fully saturated rings. The van der Waals surface area contributed by atoms with Crippen LogP contribution >= 0.6 is 0 Å². The maximum Gasteiger partial charge on any atom is 0.319 e. The molecule has 3 heterocycles. The first-order valence-electron chi connectivity index (χ1n) is 22.0. The van der Waals surface area contributed by atoms with Crippen molar-refractivity contribution in [1.82, 2.24) is 15.0 Å². The molecule has 1 saturated carbocycles. The van der Waals surface area contributed by atoms with Crippen molar-refractivity contribution in [3.05, 3.63) is 47.7 Å². The smallest absolute Gasteiger partial charge is 0.319 e. The van der Waals surface area contributed by atoms with Crippen LogP contribution in [0.1, 0.15) is 106 Å². The van der Waals surface area contributed by atoms with Gasteiger partial charge >= 0.3 is 12.0 Å². The number of benzene rings is 2. The van der Waals surface area contributed by atoms with E-state index in [4.69, 9.17) is 33.7 Å². The highest BCUT2D eigenvalue weighted by atomic mass is 28.3. The highest BCUT2D eigenvalue weighted by molar-refractivity contribution is 6.90. The molecule has 0 N–H and O–H groups in total. The predicted molar refractivity (Wildman–Crippen MR) is 240 cm³/mol. The molecule has 1 saturated heterocycles. The average Bonchev–Trinajstić information content (AvgIpc) is 3.54. The van der Waals surface area contributed by atoms with Crippen molar-refractivity contribution in [3.8, 4) is 34.5 Å². The number of nitrogens with zero attached hydrogens (tertiary/aromatic N) is 4. The van der Waals surface area contributed by atoms with Crippen LogP contribution in [0.5, 0.6) is 11.8 Å². The summed E-state index contributed by atoms with van der Waals surface area (Å²) >= 11 is 0. The van der Waals surface area contributed by atoms with Crippen molar-refractivity contribution in [2.45, 2.75) is 123 Å². The summed E-state index contributed by atoms with van der Waals surface area (Å²) in [7, 11) is -0.755. The Bertz CT molecular complexity index is 2220. The molecule has 0 radical (unpaired) electrons. The number of halogens is 2.